The molecule has 0 aliphatic carbocycles. The van der Waals surface area contributed by atoms with Crippen molar-refractivity contribution in [2.75, 3.05) is 33.3 Å². The molecule has 3 aromatic carbocycles. The second-order valence-electron chi connectivity index (χ2n) is 11.6. The first-order valence-electron chi connectivity index (χ1n) is 16.1. The number of aryl methyl sites for hydroxylation is 1. The minimum absolute atomic E-state index is 0.00392. The average Bonchev–Trinajstić information content (AvgIpc) is 3.51. The molecule has 4 aromatic rings. The van der Waals surface area contributed by atoms with Crippen LogP contribution >= 0.6 is 0 Å². The van der Waals surface area contributed by atoms with E-state index in [2.05, 4.69) is 15.5 Å². The zero-order chi connectivity index (χ0) is 34.8. The molecule has 3 heterocycles. The molecule has 0 radical (unpaired) electrons. The van der Waals surface area contributed by atoms with E-state index in [1.54, 1.807) is 16.9 Å². The van der Waals surface area contributed by atoms with E-state index >= 15 is 0 Å². The second-order valence-corrected chi connectivity index (χ2v) is 11.6. The number of rotatable bonds is 4. The molecule has 49 heavy (non-hydrogen) atoms. The smallest absolute Gasteiger partial charge is 0.290 e. The number of aromatic nitrogens is 3. The lowest BCUT2D eigenvalue weighted by molar-refractivity contribution is -0.140. The third-order valence-corrected chi connectivity index (χ3v) is 8.38. The number of likely N-dealkylation sites (tertiary alicyclic amines) is 1. The maximum Gasteiger partial charge on any atom is 0.290 e. The van der Waals surface area contributed by atoms with Crippen molar-refractivity contribution in [1.82, 2.24) is 30.1 Å². The van der Waals surface area contributed by atoms with Crippen LogP contribution in [-0.2, 0) is 43.5 Å². The first-order chi connectivity index (χ1) is 23.8. The third kappa shape index (κ3) is 9.11. The number of nitrogens with zero attached hydrogens (tertiary/aromatic N) is 5. The minimum atomic E-state index is -0.489. The van der Waals surface area contributed by atoms with Gasteiger partial charge in [0.05, 0.1) is 32.4 Å². The van der Waals surface area contributed by atoms with Gasteiger partial charge in [0.25, 0.3) is 6.47 Å². The van der Waals surface area contributed by atoms with Crippen LogP contribution in [0.1, 0.15) is 30.9 Å². The fourth-order valence-electron chi connectivity index (χ4n) is 5.87. The van der Waals surface area contributed by atoms with Gasteiger partial charge in [-0.1, -0.05) is 30.3 Å². The highest BCUT2D eigenvalue weighted by Crippen LogP contribution is 2.33. The predicted molar refractivity (Wildman–Crippen MR) is 178 cm³/mol. The Labute approximate surface area is 283 Å². The highest BCUT2D eigenvalue weighted by atomic mass is 16.5. The summed E-state index contributed by atoms with van der Waals surface area (Å²) in [4.78, 5) is 52.8. The average molecular weight is 673 g/mol. The molecule has 6 rings (SSSR count). The summed E-state index contributed by atoms with van der Waals surface area (Å²) in [6.07, 6.45) is 0.741. The highest BCUT2D eigenvalue weighted by Gasteiger charge is 2.34. The maximum atomic E-state index is 13.4. The maximum absolute atomic E-state index is 13.4. The van der Waals surface area contributed by atoms with Gasteiger partial charge in [0, 0.05) is 26.1 Å². The standard InChI is InChI=1S/C34H38N6O6.CH2O2/c1-3-38-20-32(41)35-28-15-16-39(34(43)21-40-36-26-9-4-5-10-27(26)37-40)19-31(28)45-22-24-7-6-8-25(17-24)46-30-18-23(12-14-33(38)42)11-13-29(30)44-2;2-1-3/h4-11,13,17-18,28,31H,3,12,14-16,19-22H2,1-2H3,(H,35,41);1H,(H,2,3)/t28-,31-;/m0./s1. The van der Waals surface area contributed by atoms with E-state index in [0.29, 0.717) is 43.2 Å². The number of fused-ring (bicyclic) bond motifs is 6. The van der Waals surface area contributed by atoms with Crippen LogP contribution in [0.15, 0.2) is 66.7 Å². The molecule has 258 valence electrons. The minimum Gasteiger partial charge on any atom is -0.493 e. The summed E-state index contributed by atoms with van der Waals surface area (Å²) < 4.78 is 18.2. The summed E-state index contributed by atoms with van der Waals surface area (Å²) in [5.74, 6) is 1.21. The SMILES string of the molecule is CCN1CC(=O)N[C@H]2CCN(C(=O)Cn3nc4ccccc4n3)C[C@@H]2OCc2cccc(c2)Oc2cc(ccc2OC)CCC1=O.O=CO. The molecule has 3 amide bonds. The number of carboxylic acid groups (broad SMARTS) is 1. The summed E-state index contributed by atoms with van der Waals surface area (Å²) in [7, 11) is 1.58. The van der Waals surface area contributed by atoms with E-state index in [9.17, 15) is 14.4 Å². The van der Waals surface area contributed by atoms with Crippen molar-refractivity contribution in [2.45, 2.75) is 51.5 Å². The Kier molecular flexibility index (Phi) is 11.8. The fraction of sp³-hybridized carbons (Fsp3) is 0.371. The number of hydrogen-bond donors (Lipinski definition) is 2. The van der Waals surface area contributed by atoms with E-state index in [0.717, 1.165) is 22.2 Å². The van der Waals surface area contributed by atoms with Gasteiger partial charge in [-0.15, -0.1) is 0 Å². The molecular formula is C35H40N6O8. The Morgan fingerprint density at radius 2 is 1.80 bits per heavy atom. The largest absolute Gasteiger partial charge is 0.493 e. The summed E-state index contributed by atoms with van der Waals surface area (Å²) in [5, 5.41) is 18.8. The predicted octanol–water partition coefficient (Wildman–Crippen LogP) is 3.03. The van der Waals surface area contributed by atoms with Crippen molar-refractivity contribution in [1.29, 1.82) is 0 Å². The number of amides is 3. The van der Waals surface area contributed by atoms with Crippen LogP contribution in [0.2, 0.25) is 0 Å². The Morgan fingerprint density at radius 3 is 2.51 bits per heavy atom. The van der Waals surface area contributed by atoms with Crippen LogP contribution in [0.25, 0.3) is 11.0 Å². The molecule has 1 saturated heterocycles. The third-order valence-electron chi connectivity index (χ3n) is 8.38. The molecule has 4 bridgehead atoms. The van der Waals surface area contributed by atoms with Crippen molar-refractivity contribution in [3.8, 4) is 17.2 Å². The molecule has 0 spiro atoms. The fourth-order valence-corrected chi connectivity index (χ4v) is 5.87. The number of carbonyl (C=O) groups is 4. The van der Waals surface area contributed by atoms with E-state index in [1.807, 2.05) is 73.7 Å². The molecule has 0 saturated carbocycles. The molecule has 1 fully saturated rings. The monoisotopic (exact) mass is 672 g/mol. The molecule has 0 unspecified atom stereocenters. The zero-order valence-electron chi connectivity index (χ0n) is 27.5. The molecule has 1 aromatic heterocycles. The Hall–Kier alpha value is -5.50. The van der Waals surface area contributed by atoms with Crippen LogP contribution in [-0.4, -0.2) is 99.5 Å². The van der Waals surface area contributed by atoms with Gasteiger partial charge in [0.1, 0.15) is 23.3 Å². The first kappa shape index (κ1) is 34.8. The zero-order valence-corrected chi connectivity index (χ0v) is 27.5. The number of carbonyl (C=O) groups excluding carboxylic acids is 3. The first-order valence-corrected chi connectivity index (χ1v) is 16.1. The van der Waals surface area contributed by atoms with Crippen molar-refractivity contribution in [3.05, 3.63) is 77.9 Å². The van der Waals surface area contributed by atoms with Gasteiger partial charge in [-0.3, -0.25) is 19.2 Å². The van der Waals surface area contributed by atoms with Gasteiger partial charge in [-0.05, 0) is 67.3 Å². The number of benzene rings is 3. The topological polar surface area (TPSA) is 165 Å². The lowest BCUT2D eigenvalue weighted by Gasteiger charge is -2.39. The molecule has 14 nitrogen and oxygen atoms in total. The van der Waals surface area contributed by atoms with Crippen LogP contribution in [0.5, 0.6) is 17.2 Å². The molecule has 14 heteroatoms. The van der Waals surface area contributed by atoms with Crippen LogP contribution in [0.3, 0.4) is 0 Å². The summed E-state index contributed by atoms with van der Waals surface area (Å²) in [5.41, 5.74) is 3.24. The van der Waals surface area contributed by atoms with E-state index in [1.165, 1.54) is 4.80 Å². The quantitative estimate of drug-likeness (QED) is 0.308. The van der Waals surface area contributed by atoms with Crippen LogP contribution in [0, 0.1) is 0 Å². The van der Waals surface area contributed by atoms with Gasteiger partial charge < -0.3 is 34.4 Å². The normalized spacial score (nSPS) is 18.5. The van der Waals surface area contributed by atoms with Crippen LogP contribution < -0.4 is 14.8 Å². The molecule has 2 aliphatic heterocycles. The summed E-state index contributed by atoms with van der Waals surface area (Å²) >= 11 is 0. The lowest BCUT2D eigenvalue weighted by Crippen LogP contribution is -2.57. The number of methoxy groups -OCH3 is 1. The van der Waals surface area contributed by atoms with Gasteiger partial charge in [-0.25, -0.2) is 0 Å². The highest BCUT2D eigenvalue weighted by molar-refractivity contribution is 5.85. The van der Waals surface area contributed by atoms with E-state index in [4.69, 9.17) is 24.1 Å². The van der Waals surface area contributed by atoms with E-state index < -0.39 is 6.10 Å². The Balaban J connectivity index is 0.00000151. The van der Waals surface area contributed by atoms with Crippen molar-refractivity contribution < 1.29 is 38.5 Å². The van der Waals surface area contributed by atoms with Gasteiger partial charge >= 0.3 is 0 Å². The second kappa shape index (κ2) is 16.6. The number of nitrogens with one attached hydrogen (secondary N) is 1. The van der Waals surface area contributed by atoms with Gasteiger partial charge in [-0.2, -0.15) is 15.0 Å². The summed E-state index contributed by atoms with van der Waals surface area (Å²) in [6, 6.07) is 20.3. The van der Waals surface area contributed by atoms with Crippen LogP contribution in [0.4, 0.5) is 0 Å². The van der Waals surface area contributed by atoms with Gasteiger partial charge in [0.15, 0.2) is 11.5 Å². The Morgan fingerprint density at radius 1 is 1.04 bits per heavy atom. The van der Waals surface area contributed by atoms with Crippen molar-refractivity contribution in [3.63, 3.8) is 0 Å². The number of ether oxygens (including phenoxy) is 3. The number of hydrogen-bond acceptors (Lipinski definition) is 9. The molecule has 2 atom stereocenters. The van der Waals surface area contributed by atoms with Gasteiger partial charge in [0.2, 0.25) is 17.7 Å². The molecule has 2 aliphatic rings. The lowest BCUT2D eigenvalue weighted by atomic mass is 10.0. The molecular weight excluding hydrogens is 632 g/mol. The Bertz CT molecular complexity index is 1740. The number of piperidine rings is 1. The number of likely N-dealkylation sites (N-methyl/N-ethyl adjacent to an activating group) is 1. The molecule has 2 N–H and O–H groups in total. The van der Waals surface area contributed by atoms with Crippen molar-refractivity contribution >= 4 is 35.2 Å². The van der Waals surface area contributed by atoms with E-state index in [-0.39, 0.29) is 62.9 Å². The summed E-state index contributed by atoms with van der Waals surface area (Å²) in [6.45, 7) is 2.90. The van der Waals surface area contributed by atoms with Crippen molar-refractivity contribution in [2.24, 2.45) is 0 Å².